The Morgan fingerprint density at radius 3 is 2.03 bits per heavy atom. The summed E-state index contributed by atoms with van der Waals surface area (Å²) in [7, 11) is 0. The number of hydrogen-bond acceptors (Lipinski definition) is 4. The molecule has 0 heterocycles. The summed E-state index contributed by atoms with van der Waals surface area (Å²) in [5.74, 6) is -0.994. The number of rotatable bonds is 9. The first kappa shape index (κ1) is 22.3. The van der Waals surface area contributed by atoms with E-state index in [1.54, 1.807) is 41.3 Å². The van der Waals surface area contributed by atoms with Crippen molar-refractivity contribution in [3.05, 3.63) is 59.9 Å². The average Bonchev–Trinajstić information content (AvgIpc) is 2.64. The van der Waals surface area contributed by atoms with Crippen molar-refractivity contribution in [2.75, 3.05) is 29.4 Å². The van der Waals surface area contributed by atoms with Gasteiger partial charge >= 0.3 is 0 Å². The van der Waals surface area contributed by atoms with Gasteiger partial charge in [0.25, 0.3) is 5.91 Å². The number of amides is 1. The smallest absolute Gasteiger partial charge is 0.261 e. The number of carbonyl (C=O) groups excluding carboxylic acids is 3. The summed E-state index contributed by atoms with van der Waals surface area (Å²) < 4.78 is 14.2. The molecule has 0 aliphatic rings. The van der Waals surface area contributed by atoms with Gasteiger partial charge in [0, 0.05) is 17.9 Å². The molecule has 0 spiro atoms. The Hall–Kier alpha value is -3.02. The molecule has 2 aromatic carbocycles. The molecule has 0 saturated carbocycles. The SMILES string of the molecule is CC(=O)CN(CC(C)=O)c1cccc(N(CC(C)C)C(=O)c2ccccc2F)c1. The van der Waals surface area contributed by atoms with Gasteiger partial charge in [-0.3, -0.25) is 14.4 Å². The lowest BCUT2D eigenvalue weighted by Gasteiger charge is -2.28. The van der Waals surface area contributed by atoms with E-state index in [4.69, 9.17) is 0 Å². The van der Waals surface area contributed by atoms with E-state index in [1.165, 1.54) is 30.9 Å². The third kappa shape index (κ3) is 6.24. The van der Waals surface area contributed by atoms with E-state index >= 15 is 0 Å². The van der Waals surface area contributed by atoms with Crippen LogP contribution >= 0.6 is 0 Å². The van der Waals surface area contributed by atoms with Crippen molar-refractivity contribution in [1.29, 1.82) is 0 Å². The molecule has 0 unspecified atom stereocenters. The Labute approximate surface area is 171 Å². The molecule has 0 saturated heterocycles. The third-order valence-corrected chi connectivity index (χ3v) is 4.23. The van der Waals surface area contributed by atoms with E-state index in [0.29, 0.717) is 17.9 Å². The summed E-state index contributed by atoms with van der Waals surface area (Å²) in [5.41, 5.74) is 1.24. The van der Waals surface area contributed by atoms with Gasteiger partial charge < -0.3 is 9.80 Å². The number of ketones is 2. The molecule has 6 heteroatoms. The monoisotopic (exact) mass is 398 g/mol. The Balaban J connectivity index is 2.45. The van der Waals surface area contributed by atoms with Gasteiger partial charge in [-0.2, -0.15) is 0 Å². The summed E-state index contributed by atoms with van der Waals surface area (Å²) in [6.07, 6.45) is 0. The van der Waals surface area contributed by atoms with Crippen LogP contribution in [-0.2, 0) is 9.59 Å². The van der Waals surface area contributed by atoms with E-state index in [0.717, 1.165) is 0 Å². The minimum atomic E-state index is -0.572. The zero-order chi connectivity index (χ0) is 21.6. The van der Waals surface area contributed by atoms with Gasteiger partial charge in [-0.25, -0.2) is 4.39 Å². The minimum absolute atomic E-state index is 0.00267. The van der Waals surface area contributed by atoms with Gasteiger partial charge in [-0.1, -0.05) is 32.0 Å². The second-order valence-electron chi connectivity index (χ2n) is 7.57. The fraction of sp³-hybridized carbons (Fsp3) is 0.348. The predicted octanol–water partition coefficient (Wildman–Crippen LogP) is 4.11. The fourth-order valence-corrected chi connectivity index (χ4v) is 3.08. The van der Waals surface area contributed by atoms with Crippen LogP contribution in [0.1, 0.15) is 38.1 Å². The van der Waals surface area contributed by atoms with Crippen LogP contribution in [0.5, 0.6) is 0 Å². The molecule has 29 heavy (non-hydrogen) atoms. The second-order valence-corrected chi connectivity index (χ2v) is 7.57. The Morgan fingerprint density at radius 2 is 1.48 bits per heavy atom. The maximum atomic E-state index is 14.2. The molecule has 154 valence electrons. The van der Waals surface area contributed by atoms with Gasteiger partial charge in [0.05, 0.1) is 18.7 Å². The lowest BCUT2D eigenvalue weighted by atomic mass is 10.1. The first-order valence-corrected chi connectivity index (χ1v) is 9.59. The number of Topliss-reactive ketones (excluding diaryl/α,β-unsaturated/α-hetero) is 2. The van der Waals surface area contributed by atoms with Crippen LogP contribution in [0.4, 0.5) is 15.8 Å². The van der Waals surface area contributed by atoms with Crippen LogP contribution in [0, 0.1) is 11.7 Å². The van der Waals surface area contributed by atoms with Crippen LogP contribution in [0.25, 0.3) is 0 Å². The summed E-state index contributed by atoms with van der Waals surface area (Å²) >= 11 is 0. The molecular weight excluding hydrogens is 371 g/mol. The average molecular weight is 398 g/mol. The van der Waals surface area contributed by atoms with Crippen molar-refractivity contribution in [2.24, 2.45) is 5.92 Å². The number of halogens is 1. The molecule has 0 atom stereocenters. The van der Waals surface area contributed by atoms with Crippen molar-refractivity contribution in [2.45, 2.75) is 27.7 Å². The lowest BCUT2D eigenvalue weighted by Crippen LogP contribution is -2.36. The molecule has 0 N–H and O–H groups in total. The number of benzene rings is 2. The second kappa shape index (κ2) is 9.96. The molecular formula is C23H27FN2O3. The molecule has 2 aromatic rings. The van der Waals surface area contributed by atoms with Crippen molar-refractivity contribution in [3.63, 3.8) is 0 Å². The summed E-state index contributed by atoms with van der Waals surface area (Å²) in [4.78, 5) is 39.6. The van der Waals surface area contributed by atoms with E-state index < -0.39 is 11.7 Å². The van der Waals surface area contributed by atoms with E-state index in [2.05, 4.69) is 0 Å². The van der Waals surface area contributed by atoms with E-state index in [-0.39, 0.29) is 36.1 Å². The highest BCUT2D eigenvalue weighted by atomic mass is 19.1. The summed E-state index contributed by atoms with van der Waals surface area (Å²) in [6, 6.07) is 13.0. The van der Waals surface area contributed by atoms with Gasteiger partial charge in [0.2, 0.25) is 0 Å². The fourth-order valence-electron chi connectivity index (χ4n) is 3.08. The quantitative estimate of drug-likeness (QED) is 0.638. The van der Waals surface area contributed by atoms with Crippen LogP contribution < -0.4 is 9.80 Å². The predicted molar refractivity (Wildman–Crippen MR) is 113 cm³/mol. The summed E-state index contributed by atoms with van der Waals surface area (Å²) in [5, 5.41) is 0. The number of nitrogens with zero attached hydrogens (tertiary/aromatic N) is 2. The molecule has 0 fully saturated rings. The Morgan fingerprint density at radius 1 is 0.897 bits per heavy atom. The van der Waals surface area contributed by atoms with Crippen LogP contribution in [-0.4, -0.2) is 37.1 Å². The lowest BCUT2D eigenvalue weighted by molar-refractivity contribution is -0.116. The first-order chi connectivity index (χ1) is 13.7. The van der Waals surface area contributed by atoms with Crippen molar-refractivity contribution >= 4 is 28.8 Å². The van der Waals surface area contributed by atoms with E-state index in [1.807, 2.05) is 13.8 Å². The molecule has 0 aromatic heterocycles. The normalized spacial score (nSPS) is 10.7. The molecule has 0 bridgehead atoms. The van der Waals surface area contributed by atoms with Gasteiger partial charge in [0.1, 0.15) is 17.4 Å². The minimum Gasteiger partial charge on any atom is -0.357 e. The van der Waals surface area contributed by atoms with E-state index in [9.17, 15) is 18.8 Å². The number of carbonyl (C=O) groups is 3. The Kier molecular flexibility index (Phi) is 7.65. The molecule has 0 aliphatic carbocycles. The highest BCUT2D eigenvalue weighted by molar-refractivity contribution is 6.06. The standard InChI is InChI=1S/C23H27FN2O3/c1-16(2)13-26(23(29)21-10-5-6-11-22(21)24)20-9-7-8-19(12-20)25(14-17(3)27)15-18(4)28/h5-12,16H,13-15H2,1-4H3. The Bertz CT molecular complexity index is 879. The highest BCUT2D eigenvalue weighted by Crippen LogP contribution is 2.25. The topological polar surface area (TPSA) is 57.7 Å². The van der Waals surface area contributed by atoms with Gasteiger partial charge in [0.15, 0.2) is 0 Å². The first-order valence-electron chi connectivity index (χ1n) is 9.59. The van der Waals surface area contributed by atoms with Crippen LogP contribution in [0.3, 0.4) is 0 Å². The molecule has 1 amide bonds. The molecule has 0 aliphatic heterocycles. The number of anilines is 2. The van der Waals surface area contributed by atoms with Crippen molar-refractivity contribution in [1.82, 2.24) is 0 Å². The molecule has 5 nitrogen and oxygen atoms in total. The maximum Gasteiger partial charge on any atom is 0.261 e. The largest absolute Gasteiger partial charge is 0.357 e. The van der Waals surface area contributed by atoms with Gasteiger partial charge in [-0.05, 0) is 50.1 Å². The number of hydrogen-bond donors (Lipinski definition) is 0. The van der Waals surface area contributed by atoms with Gasteiger partial charge in [-0.15, -0.1) is 0 Å². The molecule has 0 radical (unpaired) electrons. The zero-order valence-corrected chi connectivity index (χ0v) is 17.3. The van der Waals surface area contributed by atoms with Crippen LogP contribution in [0.15, 0.2) is 48.5 Å². The zero-order valence-electron chi connectivity index (χ0n) is 17.3. The van der Waals surface area contributed by atoms with Crippen molar-refractivity contribution < 1.29 is 18.8 Å². The highest BCUT2D eigenvalue weighted by Gasteiger charge is 2.22. The summed E-state index contributed by atoms with van der Waals surface area (Å²) in [6.45, 7) is 7.46. The van der Waals surface area contributed by atoms with Crippen molar-refractivity contribution in [3.8, 4) is 0 Å². The maximum absolute atomic E-state index is 14.2. The third-order valence-electron chi connectivity index (χ3n) is 4.23. The molecule has 2 rings (SSSR count). The van der Waals surface area contributed by atoms with Crippen LogP contribution in [0.2, 0.25) is 0 Å².